The molecule has 0 spiro atoms. The van der Waals surface area contributed by atoms with E-state index in [-0.39, 0.29) is 17.9 Å². The van der Waals surface area contributed by atoms with Crippen molar-refractivity contribution in [1.29, 1.82) is 0 Å². The summed E-state index contributed by atoms with van der Waals surface area (Å²) in [5, 5.41) is 0. The van der Waals surface area contributed by atoms with Gasteiger partial charge in [0.2, 0.25) is 0 Å². The fourth-order valence-electron chi connectivity index (χ4n) is 1.09. The molecule has 0 aromatic carbocycles. The number of ether oxygens (including phenoxy) is 1. The molecule has 4 heteroatoms. The number of carbonyl (C=O) groups is 1. The zero-order valence-corrected chi connectivity index (χ0v) is 10.5. The van der Waals surface area contributed by atoms with Gasteiger partial charge < -0.3 is 9.72 Å². The highest BCUT2D eigenvalue weighted by Gasteiger charge is 2.27. The molecule has 78 valence electrons. The van der Waals surface area contributed by atoms with E-state index in [9.17, 15) is 4.79 Å². The van der Waals surface area contributed by atoms with Gasteiger partial charge in [-0.25, -0.2) is 0 Å². The fraction of sp³-hybridized carbons (Fsp3) is 0.889. The molecule has 0 aliphatic carbocycles. The lowest BCUT2D eigenvalue weighted by Crippen LogP contribution is -2.53. The Bertz CT molecular complexity index is 175. The van der Waals surface area contributed by atoms with E-state index in [1.54, 1.807) is 0 Å². The summed E-state index contributed by atoms with van der Waals surface area (Å²) in [5.41, 5.74) is 0. The number of hydrogen-bond donors (Lipinski definition) is 1. The topological polar surface area (TPSA) is 38.3 Å². The Balaban J connectivity index is 4.36. The Morgan fingerprint density at radius 2 is 1.77 bits per heavy atom. The standard InChI is InChI=1S/C9H21NO2Si/c1-7(2)8(9(11)12-3)10-13(4,5)6/h7-8,10H,1-6H3. The van der Waals surface area contributed by atoms with E-state index in [0.717, 1.165) is 0 Å². The summed E-state index contributed by atoms with van der Waals surface area (Å²) in [7, 11) is 0.0212. The van der Waals surface area contributed by atoms with E-state index in [0.29, 0.717) is 0 Å². The Labute approximate surface area is 81.9 Å². The maximum Gasteiger partial charge on any atom is 0.322 e. The maximum absolute atomic E-state index is 11.4. The molecule has 0 aromatic rings. The van der Waals surface area contributed by atoms with Crippen molar-refractivity contribution in [3.63, 3.8) is 0 Å². The second-order valence-electron chi connectivity index (χ2n) is 4.64. The van der Waals surface area contributed by atoms with Crippen LogP contribution in [0, 0.1) is 5.92 Å². The van der Waals surface area contributed by atoms with E-state index in [1.165, 1.54) is 7.11 Å². The van der Waals surface area contributed by atoms with Crippen molar-refractivity contribution in [3.05, 3.63) is 0 Å². The van der Waals surface area contributed by atoms with Crippen LogP contribution in [0.3, 0.4) is 0 Å². The van der Waals surface area contributed by atoms with Gasteiger partial charge in [0.1, 0.15) is 14.3 Å². The molecule has 0 saturated heterocycles. The zero-order chi connectivity index (χ0) is 10.6. The largest absolute Gasteiger partial charge is 0.468 e. The molecule has 0 fully saturated rings. The molecule has 0 amide bonds. The van der Waals surface area contributed by atoms with E-state index >= 15 is 0 Å². The van der Waals surface area contributed by atoms with Gasteiger partial charge in [0.05, 0.1) is 7.11 Å². The highest BCUT2D eigenvalue weighted by molar-refractivity contribution is 6.73. The normalized spacial score (nSPS) is 14.4. The first-order valence-electron chi connectivity index (χ1n) is 4.63. The minimum Gasteiger partial charge on any atom is -0.468 e. The molecule has 0 aromatic heterocycles. The van der Waals surface area contributed by atoms with Crippen molar-refractivity contribution in [2.75, 3.05) is 7.11 Å². The van der Waals surface area contributed by atoms with Crippen molar-refractivity contribution < 1.29 is 9.53 Å². The number of carbonyl (C=O) groups excluding carboxylic acids is 1. The predicted molar refractivity (Wildman–Crippen MR) is 57.1 cm³/mol. The van der Waals surface area contributed by atoms with Crippen molar-refractivity contribution >= 4 is 14.2 Å². The Hall–Kier alpha value is -0.353. The summed E-state index contributed by atoms with van der Waals surface area (Å²) < 4.78 is 4.74. The van der Waals surface area contributed by atoms with E-state index < -0.39 is 8.24 Å². The lowest BCUT2D eigenvalue weighted by Gasteiger charge is -2.27. The van der Waals surface area contributed by atoms with Crippen LogP contribution in [0.4, 0.5) is 0 Å². The maximum atomic E-state index is 11.4. The summed E-state index contributed by atoms with van der Waals surface area (Å²) in [4.78, 5) is 14.7. The van der Waals surface area contributed by atoms with Crippen molar-refractivity contribution in [3.8, 4) is 0 Å². The molecule has 1 unspecified atom stereocenters. The summed E-state index contributed by atoms with van der Waals surface area (Å²) in [6, 6.07) is -0.156. The summed E-state index contributed by atoms with van der Waals surface area (Å²) in [6.45, 7) is 10.6. The second-order valence-corrected chi connectivity index (χ2v) is 9.43. The summed E-state index contributed by atoms with van der Waals surface area (Å²) >= 11 is 0. The first-order chi connectivity index (χ1) is 5.78. The van der Waals surface area contributed by atoms with Gasteiger partial charge in [0.15, 0.2) is 0 Å². The molecular formula is C9H21NO2Si. The van der Waals surface area contributed by atoms with E-state index in [2.05, 4.69) is 24.6 Å². The Morgan fingerprint density at radius 3 is 2.00 bits per heavy atom. The van der Waals surface area contributed by atoms with Crippen LogP contribution in [0.25, 0.3) is 0 Å². The van der Waals surface area contributed by atoms with Crippen molar-refractivity contribution in [1.82, 2.24) is 4.98 Å². The fourth-order valence-corrected chi connectivity index (χ4v) is 2.48. The van der Waals surface area contributed by atoms with Gasteiger partial charge in [0, 0.05) is 0 Å². The van der Waals surface area contributed by atoms with Crippen LogP contribution in [0.2, 0.25) is 19.6 Å². The quantitative estimate of drug-likeness (QED) is 0.557. The highest BCUT2D eigenvalue weighted by atomic mass is 28.3. The van der Waals surface area contributed by atoms with Crippen LogP contribution in [0.5, 0.6) is 0 Å². The summed E-state index contributed by atoms with van der Waals surface area (Å²) in [6.07, 6.45) is 0. The monoisotopic (exact) mass is 203 g/mol. The third kappa shape index (κ3) is 5.05. The van der Waals surface area contributed by atoms with Gasteiger partial charge in [-0.05, 0) is 5.92 Å². The van der Waals surface area contributed by atoms with Gasteiger partial charge in [-0.1, -0.05) is 33.5 Å². The van der Waals surface area contributed by atoms with Crippen LogP contribution < -0.4 is 4.98 Å². The molecule has 3 nitrogen and oxygen atoms in total. The number of rotatable bonds is 4. The van der Waals surface area contributed by atoms with Crippen LogP contribution in [0.15, 0.2) is 0 Å². The van der Waals surface area contributed by atoms with Crippen molar-refractivity contribution in [2.24, 2.45) is 5.92 Å². The summed E-state index contributed by atoms with van der Waals surface area (Å²) in [5.74, 6) is 0.122. The smallest absolute Gasteiger partial charge is 0.322 e. The van der Waals surface area contributed by atoms with Crippen LogP contribution >= 0.6 is 0 Å². The second kappa shape index (κ2) is 4.76. The van der Waals surface area contributed by atoms with Crippen LogP contribution in [0.1, 0.15) is 13.8 Å². The highest BCUT2D eigenvalue weighted by Crippen LogP contribution is 2.07. The first kappa shape index (κ1) is 12.6. The van der Waals surface area contributed by atoms with E-state index in [1.807, 2.05) is 13.8 Å². The molecule has 0 aliphatic rings. The van der Waals surface area contributed by atoms with Gasteiger partial charge in [0.25, 0.3) is 0 Å². The predicted octanol–water partition coefficient (Wildman–Crippen LogP) is 1.61. The average molecular weight is 203 g/mol. The molecule has 0 heterocycles. The average Bonchev–Trinajstić information content (AvgIpc) is 1.96. The molecule has 0 radical (unpaired) electrons. The number of hydrogen-bond acceptors (Lipinski definition) is 3. The molecule has 0 rings (SSSR count). The molecule has 13 heavy (non-hydrogen) atoms. The van der Waals surface area contributed by atoms with Gasteiger partial charge in [-0.2, -0.15) is 0 Å². The minimum atomic E-state index is -1.41. The van der Waals surface area contributed by atoms with Crippen LogP contribution in [-0.4, -0.2) is 27.4 Å². The number of nitrogens with one attached hydrogen (secondary N) is 1. The lowest BCUT2D eigenvalue weighted by molar-refractivity contribution is -0.143. The lowest BCUT2D eigenvalue weighted by atomic mass is 10.1. The number of esters is 1. The van der Waals surface area contributed by atoms with Gasteiger partial charge in [-0.3, -0.25) is 4.79 Å². The van der Waals surface area contributed by atoms with Crippen LogP contribution in [-0.2, 0) is 9.53 Å². The zero-order valence-electron chi connectivity index (χ0n) is 9.47. The van der Waals surface area contributed by atoms with E-state index in [4.69, 9.17) is 4.74 Å². The van der Waals surface area contributed by atoms with Gasteiger partial charge >= 0.3 is 5.97 Å². The molecular weight excluding hydrogens is 182 g/mol. The molecule has 0 bridgehead atoms. The Morgan fingerprint density at radius 1 is 1.31 bits per heavy atom. The molecule has 1 N–H and O–H groups in total. The third-order valence-electron chi connectivity index (χ3n) is 1.71. The Kier molecular flexibility index (Phi) is 4.63. The molecule has 1 atom stereocenters. The first-order valence-corrected chi connectivity index (χ1v) is 8.13. The minimum absolute atomic E-state index is 0.155. The molecule has 0 saturated carbocycles. The number of methoxy groups -OCH3 is 1. The third-order valence-corrected chi connectivity index (χ3v) is 2.89. The SMILES string of the molecule is COC(=O)C(N[Si](C)(C)C)C(C)C. The molecule has 0 aliphatic heterocycles. The van der Waals surface area contributed by atoms with Gasteiger partial charge in [-0.15, -0.1) is 0 Å². The van der Waals surface area contributed by atoms with Crippen molar-refractivity contribution in [2.45, 2.75) is 39.5 Å².